The van der Waals surface area contributed by atoms with Crippen LogP contribution in [0.15, 0.2) is 73.4 Å². The molecule has 9 nitrogen and oxygen atoms in total. The van der Waals surface area contributed by atoms with E-state index in [9.17, 15) is 4.79 Å². The summed E-state index contributed by atoms with van der Waals surface area (Å²) >= 11 is 0. The minimum Gasteiger partial charge on any atom is -0.340 e. The summed E-state index contributed by atoms with van der Waals surface area (Å²) in [5, 5.41) is 4.95. The van der Waals surface area contributed by atoms with Gasteiger partial charge in [-0.3, -0.25) is 14.8 Å². The second-order valence-corrected chi connectivity index (χ2v) is 9.96. The first-order chi connectivity index (χ1) is 18.5. The van der Waals surface area contributed by atoms with Crippen LogP contribution in [0.2, 0.25) is 0 Å². The van der Waals surface area contributed by atoms with E-state index >= 15 is 0 Å². The zero-order valence-electron chi connectivity index (χ0n) is 21.4. The molecule has 1 aliphatic rings. The molecule has 0 spiro atoms. The number of pyridine rings is 3. The minimum absolute atomic E-state index is 0.0209. The van der Waals surface area contributed by atoms with Gasteiger partial charge in [0.15, 0.2) is 0 Å². The monoisotopic (exact) mass is 504 g/mol. The fourth-order valence-corrected chi connectivity index (χ4v) is 4.90. The number of anilines is 2. The van der Waals surface area contributed by atoms with Gasteiger partial charge in [0, 0.05) is 66.1 Å². The smallest absolute Gasteiger partial charge is 0.224 e. The van der Waals surface area contributed by atoms with E-state index in [2.05, 4.69) is 37.8 Å². The van der Waals surface area contributed by atoms with Crippen LogP contribution in [-0.2, 0) is 4.79 Å². The summed E-state index contributed by atoms with van der Waals surface area (Å²) in [6, 6.07) is 14.0. The molecule has 0 aliphatic carbocycles. The third kappa shape index (κ3) is 4.48. The van der Waals surface area contributed by atoms with Gasteiger partial charge >= 0.3 is 0 Å². The van der Waals surface area contributed by atoms with Crippen LogP contribution in [0.4, 0.5) is 11.5 Å². The molecule has 0 fully saturated rings. The number of H-pyrrole nitrogens is 1. The molecule has 0 saturated heterocycles. The summed E-state index contributed by atoms with van der Waals surface area (Å²) in [7, 11) is 1.98. The molecule has 0 bridgehead atoms. The molecule has 6 rings (SSSR count). The van der Waals surface area contributed by atoms with Gasteiger partial charge in [-0.1, -0.05) is 32.0 Å². The quantitative estimate of drug-likeness (QED) is 0.283. The van der Waals surface area contributed by atoms with Gasteiger partial charge in [0.25, 0.3) is 0 Å². The molecule has 9 heteroatoms. The van der Waals surface area contributed by atoms with Crippen molar-refractivity contribution in [3.8, 4) is 22.3 Å². The molecule has 38 heavy (non-hydrogen) atoms. The largest absolute Gasteiger partial charge is 0.340 e. The lowest BCUT2D eigenvalue weighted by molar-refractivity contribution is -0.116. The Morgan fingerprint density at radius 1 is 1.03 bits per heavy atom. The number of rotatable bonds is 6. The maximum Gasteiger partial charge on any atom is 0.224 e. The number of carbonyl (C=O) groups excluding carboxylic acids is 1. The first-order valence-electron chi connectivity index (χ1n) is 12.6. The van der Waals surface area contributed by atoms with Crippen molar-refractivity contribution in [1.82, 2.24) is 29.9 Å². The summed E-state index contributed by atoms with van der Waals surface area (Å²) in [6.07, 6.45) is 9.34. The summed E-state index contributed by atoms with van der Waals surface area (Å²) in [6.45, 7) is 4.04. The Bertz CT molecular complexity index is 1630. The van der Waals surface area contributed by atoms with Crippen molar-refractivity contribution < 1.29 is 4.79 Å². The average Bonchev–Trinajstić information content (AvgIpc) is 3.48. The van der Waals surface area contributed by atoms with E-state index in [1.54, 1.807) is 18.6 Å². The molecule has 4 aromatic heterocycles. The van der Waals surface area contributed by atoms with E-state index < -0.39 is 0 Å². The summed E-state index contributed by atoms with van der Waals surface area (Å²) in [4.78, 5) is 34.2. The van der Waals surface area contributed by atoms with Gasteiger partial charge in [-0.15, -0.1) is 0 Å². The topological polar surface area (TPSA) is 112 Å². The Labute approximate surface area is 220 Å². The van der Waals surface area contributed by atoms with Crippen molar-refractivity contribution in [2.75, 3.05) is 17.8 Å². The maximum absolute atomic E-state index is 12.3. The standard InChI is InChI=1S/C29H28N8O/c1-17(2)10-25(38)33-21-11-19(14-31-16-21)20-12-23-27(37(3)36-28(23)32-15-20)29-34-24-8-4-7-22(26(24)35-29)18-6-5-9-30-13-18/h4-9,11-17,27H,10H2,1-3H3,(H,32,36)(H,33,38)(H,34,35). The molecule has 5 heterocycles. The number of para-hydroxylation sites is 1. The summed E-state index contributed by atoms with van der Waals surface area (Å²) in [5.41, 5.74) is 10.7. The number of carbonyl (C=O) groups is 1. The van der Waals surface area contributed by atoms with Crippen molar-refractivity contribution >= 4 is 28.4 Å². The Kier molecular flexibility index (Phi) is 6.05. The lowest BCUT2D eigenvalue weighted by Crippen LogP contribution is -2.24. The SMILES string of the molecule is CC(C)CC(=O)Nc1cncc(-c2cnc3c(c2)C(c2nc4c(-c5cccnc5)cccc4[nH]2)N(C)N3)c1. The van der Waals surface area contributed by atoms with Gasteiger partial charge in [0.2, 0.25) is 5.91 Å². The van der Waals surface area contributed by atoms with Crippen molar-refractivity contribution in [3.63, 3.8) is 0 Å². The zero-order valence-corrected chi connectivity index (χ0v) is 21.4. The molecule has 1 aliphatic heterocycles. The second kappa shape index (κ2) is 9.68. The number of nitrogens with zero attached hydrogens (tertiary/aromatic N) is 5. The highest BCUT2D eigenvalue weighted by Crippen LogP contribution is 2.39. The first-order valence-corrected chi connectivity index (χ1v) is 12.6. The Morgan fingerprint density at radius 3 is 2.68 bits per heavy atom. The molecule has 1 amide bonds. The van der Waals surface area contributed by atoms with Crippen LogP contribution in [0.3, 0.4) is 0 Å². The van der Waals surface area contributed by atoms with Crippen molar-refractivity contribution in [1.29, 1.82) is 0 Å². The summed E-state index contributed by atoms with van der Waals surface area (Å²) in [5.74, 6) is 1.86. The number of aromatic nitrogens is 5. The summed E-state index contributed by atoms with van der Waals surface area (Å²) < 4.78 is 0. The molecule has 1 aromatic carbocycles. The van der Waals surface area contributed by atoms with Crippen LogP contribution in [0.5, 0.6) is 0 Å². The Hall–Kier alpha value is -4.63. The van der Waals surface area contributed by atoms with E-state index in [0.717, 1.165) is 50.5 Å². The first kappa shape index (κ1) is 23.7. The molecule has 190 valence electrons. The van der Waals surface area contributed by atoms with Crippen LogP contribution in [0.1, 0.15) is 37.7 Å². The third-order valence-corrected chi connectivity index (χ3v) is 6.59. The molecule has 0 radical (unpaired) electrons. The molecule has 5 aromatic rings. The number of aromatic amines is 1. The van der Waals surface area contributed by atoms with E-state index in [4.69, 9.17) is 9.97 Å². The fraction of sp³-hybridized carbons (Fsp3) is 0.207. The van der Waals surface area contributed by atoms with E-state index in [0.29, 0.717) is 12.1 Å². The van der Waals surface area contributed by atoms with Gasteiger partial charge in [0.05, 0.1) is 22.9 Å². The Balaban J connectivity index is 1.35. The van der Waals surface area contributed by atoms with Crippen LogP contribution in [-0.4, -0.2) is 42.9 Å². The lowest BCUT2D eigenvalue weighted by atomic mass is 10.0. The number of amides is 1. The van der Waals surface area contributed by atoms with Gasteiger partial charge in [-0.2, -0.15) is 0 Å². The molecular formula is C29H28N8O. The van der Waals surface area contributed by atoms with E-state index in [1.807, 2.05) is 68.6 Å². The normalized spacial score (nSPS) is 15.0. The van der Waals surface area contributed by atoms with Crippen LogP contribution >= 0.6 is 0 Å². The van der Waals surface area contributed by atoms with Crippen molar-refractivity contribution in [3.05, 3.63) is 84.8 Å². The van der Waals surface area contributed by atoms with E-state index in [1.165, 1.54) is 0 Å². The molecular weight excluding hydrogens is 476 g/mol. The van der Waals surface area contributed by atoms with Crippen molar-refractivity contribution in [2.45, 2.75) is 26.3 Å². The van der Waals surface area contributed by atoms with Gasteiger partial charge in [-0.25, -0.2) is 15.0 Å². The zero-order chi connectivity index (χ0) is 26.2. The number of fused-ring (bicyclic) bond motifs is 2. The van der Waals surface area contributed by atoms with Crippen LogP contribution < -0.4 is 10.7 Å². The van der Waals surface area contributed by atoms with Gasteiger partial charge in [0.1, 0.15) is 17.7 Å². The molecule has 1 atom stereocenters. The highest BCUT2D eigenvalue weighted by molar-refractivity contribution is 5.92. The molecule has 1 unspecified atom stereocenters. The average molecular weight is 505 g/mol. The second-order valence-electron chi connectivity index (χ2n) is 9.96. The predicted octanol–water partition coefficient (Wildman–Crippen LogP) is 5.43. The highest BCUT2D eigenvalue weighted by Gasteiger charge is 2.33. The third-order valence-electron chi connectivity index (χ3n) is 6.59. The van der Waals surface area contributed by atoms with Crippen molar-refractivity contribution in [2.24, 2.45) is 5.92 Å². The Morgan fingerprint density at radius 2 is 1.87 bits per heavy atom. The number of imidazole rings is 1. The van der Waals surface area contributed by atoms with Gasteiger partial charge in [-0.05, 0) is 30.2 Å². The number of nitrogens with one attached hydrogen (secondary N) is 3. The number of hydrazine groups is 1. The highest BCUT2D eigenvalue weighted by atomic mass is 16.1. The minimum atomic E-state index is -0.173. The van der Waals surface area contributed by atoms with Gasteiger partial charge < -0.3 is 15.7 Å². The van der Waals surface area contributed by atoms with Crippen LogP contribution in [0.25, 0.3) is 33.3 Å². The number of benzene rings is 1. The fourth-order valence-electron chi connectivity index (χ4n) is 4.90. The number of hydrogen-bond acceptors (Lipinski definition) is 7. The number of hydrogen-bond donors (Lipinski definition) is 3. The predicted molar refractivity (Wildman–Crippen MR) is 148 cm³/mol. The van der Waals surface area contributed by atoms with E-state index in [-0.39, 0.29) is 17.9 Å². The molecule has 3 N–H and O–H groups in total. The van der Waals surface area contributed by atoms with Crippen LogP contribution in [0, 0.1) is 5.92 Å². The lowest BCUT2D eigenvalue weighted by Gasteiger charge is -2.17. The maximum atomic E-state index is 12.3. The molecule has 0 saturated carbocycles.